The summed E-state index contributed by atoms with van der Waals surface area (Å²) in [5.41, 5.74) is 2.40. The van der Waals surface area contributed by atoms with E-state index in [0.29, 0.717) is 6.42 Å². The van der Waals surface area contributed by atoms with Crippen molar-refractivity contribution in [3.63, 3.8) is 0 Å². The van der Waals surface area contributed by atoms with Crippen molar-refractivity contribution < 1.29 is 9.72 Å². The number of nitrogens with zero attached hydrogens (tertiary/aromatic N) is 1. The summed E-state index contributed by atoms with van der Waals surface area (Å²) < 4.78 is 0. The number of hydrogen-bond acceptors (Lipinski definition) is 3. The molecule has 4 nitrogen and oxygen atoms in total. The minimum absolute atomic E-state index is 0.0694. The Morgan fingerprint density at radius 1 is 1.45 bits per heavy atom. The summed E-state index contributed by atoms with van der Waals surface area (Å²) in [7, 11) is 0. The van der Waals surface area contributed by atoms with Gasteiger partial charge in [0.15, 0.2) is 5.78 Å². The summed E-state index contributed by atoms with van der Waals surface area (Å²) in [6.45, 7) is 3.84. The summed E-state index contributed by atoms with van der Waals surface area (Å²) in [6.07, 6.45) is 5.15. The molecule has 0 aromatic heterocycles. The normalized spacial score (nSPS) is 21.2. The quantitative estimate of drug-likeness (QED) is 0.476. The lowest BCUT2D eigenvalue weighted by atomic mass is 9.84. The molecule has 0 heterocycles. The third-order valence-electron chi connectivity index (χ3n) is 3.88. The van der Waals surface area contributed by atoms with Gasteiger partial charge in [-0.3, -0.25) is 14.9 Å². The molecule has 20 heavy (non-hydrogen) atoms. The zero-order chi connectivity index (χ0) is 14.7. The van der Waals surface area contributed by atoms with Gasteiger partial charge in [-0.25, -0.2) is 0 Å². The summed E-state index contributed by atoms with van der Waals surface area (Å²) >= 11 is 0. The average Bonchev–Trinajstić information content (AvgIpc) is 2.43. The largest absolute Gasteiger partial charge is 0.294 e. The average molecular weight is 273 g/mol. The van der Waals surface area contributed by atoms with E-state index in [-0.39, 0.29) is 22.3 Å². The fraction of sp³-hybridized carbons (Fsp3) is 0.438. The number of Topliss-reactive ketones (excluding diaryl/α,β-unsaturated/α-hetero) is 1. The highest BCUT2D eigenvalue weighted by Crippen LogP contribution is 2.28. The van der Waals surface area contributed by atoms with Crippen LogP contribution in [0.4, 0.5) is 5.69 Å². The lowest BCUT2D eigenvalue weighted by Gasteiger charge is -2.19. The SMILES string of the molecule is CCc1ccc(/C=C2\CCC[C@H](C)C2=O)cc1[N+](=O)[O-]. The van der Waals surface area contributed by atoms with Gasteiger partial charge in [-0.2, -0.15) is 0 Å². The molecule has 2 rings (SSSR count). The number of allylic oxidation sites excluding steroid dienone is 1. The Hall–Kier alpha value is -1.97. The maximum Gasteiger partial charge on any atom is 0.273 e. The van der Waals surface area contributed by atoms with E-state index in [0.717, 1.165) is 36.0 Å². The van der Waals surface area contributed by atoms with Crippen molar-refractivity contribution in [1.82, 2.24) is 0 Å². The van der Waals surface area contributed by atoms with E-state index in [2.05, 4.69) is 0 Å². The highest BCUT2D eigenvalue weighted by molar-refractivity contribution is 6.01. The Balaban J connectivity index is 2.36. The van der Waals surface area contributed by atoms with Gasteiger partial charge < -0.3 is 0 Å². The van der Waals surface area contributed by atoms with Crippen LogP contribution in [0.3, 0.4) is 0 Å². The van der Waals surface area contributed by atoms with Crippen molar-refractivity contribution in [2.24, 2.45) is 5.92 Å². The van der Waals surface area contributed by atoms with Crippen molar-refractivity contribution in [3.8, 4) is 0 Å². The van der Waals surface area contributed by atoms with Gasteiger partial charge in [0.05, 0.1) is 4.92 Å². The van der Waals surface area contributed by atoms with Crippen LogP contribution in [0, 0.1) is 16.0 Å². The number of benzene rings is 1. The molecule has 1 atom stereocenters. The van der Waals surface area contributed by atoms with Gasteiger partial charge in [0.1, 0.15) is 0 Å². The van der Waals surface area contributed by atoms with Gasteiger partial charge in [-0.1, -0.05) is 26.0 Å². The van der Waals surface area contributed by atoms with E-state index < -0.39 is 0 Å². The standard InChI is InChI=1S/C16H19NO3/c1-3-13-8-7-12(10-15(13)17(19)20)9-14-6-4-5-11(2)16(14)18/h7-11H,3-6H2,1-2H3/b14-9+/t11-/m0/s1. The molecule has 0 radical (unpaired) electrons. The van der Waals surface area contributed by atoms with Crippen molar-refractivity contribution in [2.45, 2.75) is 39.5 Å². The molecule has 0 N–H and O–H groups in total. The number of nitro groups is 1. The first-order valence-electron chi connectivity index (χ1n) is 7.05. The Morgan fingerprint density at radius 3 is 2.85 bits per heavy atom. The molecule has 0 bridgehead atoms. The third-order valence-corrected chi connectivity index (χ3v) is 3.88. The number of carbonyl (C=O) groups excluding carboxylic acids is 1. The molecule has 1 aliphatic carbocycles. The lowest BCUT2D eigenvalue weighted by Crippen LogP contribution is -2.18. The number of hydrogen-bond donors (Lipinski definition) is 0. The predicted molar refractivity (Wildman–Crippen MR) is 78.5 cm³/mol. The maximum absolute atomic E-state index is 12.1. The summed E-state index contributed by atoms with van der Waals surface area (Å²) in [6, 6.07) is 5.20. The fourth-order valence-electron chi connectivity index (χ4n) is 2.65. The van der Waals surface area contributed by atoms with E-state index in [4.69, 9.17) is 0 Å². The van der Waals surface area contributed by atoms with Crippen LogP contribution in [0.25, 0.3) is 6.08 Å². The lowest BCUT2D eigenvalue weighted by molar-refractivity contribution is -0.385. The minimum Gasteiger partial charge on any atom is -0.294 e. The number of carbonyl (C=O) groups is 1. The topological polar surface area (TPSA) is 60.2 Å². The Labute approximate surface area is 118 Å². The summed E-state index contributed by atoms with van der Waals surface area (Å²) in [4.78, 5) is 22.8. The molecular weight excluding hydrogens is 254 g/mol. The molecule has 1 aromatic rings. The Kier molecular flexibility index (Phi) is 4.32. The van der Waals surface area contributed by atoms with Crippen LogP contribution < -0.4 is 0 Å². The van der Waals surface area contributed by atoms with Crippen molar-refractivity contribution in [3.05, 3.63) is 45.0 Å². The van der Waals surface area contributed by atoms with Gasteiger partial charge in [-0.15, -0.1) is 0 Å². The number of aryl methyl sites for hydroxylation is 1. The minimum atomic E-state index is -0.355. The smallest absolute Gasteiger partial charge is 0.273 e. The van der Waals surface area contributed by atoms with Crippen LogP contribution in [0.5, 0.6) is 0 Å². The fourth-order valence-corrected chi connectivity index (χ4v) is 2.65. The Morgan fingerprint density at radius 2 is 2.20 bits per heavy atom. The monoisotopic (exact) mass is 273 g/mol. The molecule has 1 aliphatic rings. The van der Waals surface area contributed by atoms with Crippen LogP contribution in [0.1, 0.15) is 44.2 Å². The second-order valence-corrected chi connectivity index (χ2v) is 5.33. The molecular formula is C16H19NO3. The molecule has 1 saturated carbocycles. The van der Waals surface area contributed by atoms with E-state index >= 15 is 0 Å². The molecule has 106 valence electrons. The summed E-state index contributed by atoms with van der Waals surface area (Å²) in [5, 5.41) is 11.1. The first-order chi connectivity index (χ1) is 9.52. The van der Waals surface area contributed by atoms with E-state index in [9.17, 15) is 14.9 Å². The maximum atomic E-state index is 12.1. The van der Waals surface area contributed by atoms with Crippen molar-refractivity contribution >= 4 is 17.5 Å². The molecule has 1 aromatic carbocycles. The molecule has 0 unspecified atom stereocenters. The predicted octanol–water partition coefficient (Wildman–Crippen LogP) is 3.93. The van der Waals surface area contributed by atoms with Crippen molar-refractivity contribution in [2.75, 3.05) is 0 Å². The van der Waals surface area contributed by atoms with Crippen LogP contribution in [0.2, 0.25) is 0 Å². The highest BCUT2D eigenvalue weighted by atomic mass is 16.6. The van der Waals surface area contributed by atoms with Gasteiger partial charge >= 0.3 is 0 Å². The number of ketones is 1. The first kappa shape index (κ1) is 14.4. The molecule has 0 aliphatic heterocycles. The van der Waals surface area contributed by atoms with E-state index in [1.165, 1.54) is 0 Å². The molecule has 4 heteroatoms. The summed E-state index contributed by atoms with van der Waals surface area (Å²) in [5.74, 6) is 0.248. The number of nitro benzene ring substituents is 1. The highest BCUT2D eigenvalue weighted by Gasteiger charge is 2.22. The van der Waals surface area contributed by atoms with Crippen LogP contribution >= 0.6 is 0 Å². The van der Waals surface area contributed by atoms with Gasteiger partial charge in [0.25, 0.3) is 5.69 Å². The van der Waals surface area contributed by atoms with Crippen LogP contribution in [-0.2, 0) is 11.2 Å². The third kappa shape index (κ3) is 2.95. The Bertz CT molecular complexity index is 575. The number of rotatable bonds is 3. The molecule has 1 fully saturated rings. The van der Waals surface area contributed by atoms with Crippen molar-refractivity contribution in [1.29, 1.82) is 0 Å². The van der Waals surface area contributed by atoms with Gasteiger partial charge in [0, 0.05) is 17.5 Å². The van der Waals surface area contributed by atoms with E-state index in [1.807, 2.05) is 26.0 Å². The zero-order valence-corrected chi connectivity index (χ0v) is 11.9. The molecule has 0 spiro atoms. The first-order valence-corrected chi connectivity index (χ1v) is 7.05. The molecule has 0 amide bonds. The second-order valence-electron chi connectivity index (χ2n) is 5.33. The second kappa shape index (κ2) is 5.99. The van der Waals surface area contributed by atoms with Gasteiger partial charge in [-0.05, 0) is 42.9 Å². The van der Waals surface area contributed by atoms with E-state index in [1.54, 1.807) is 12.1 Å². The molecule has 0 saturated heterocycles. The zero-order valence-electron chi connectivity index (χ0n) is 11.9. The van der Waals surface area contributed by atoms with Gasteiger partial charge in [0.2, 0.25) is 0 Å². The van der Waals surface area contributed by atoms with Crippen LogP contribution in [-0.4, -0.2) is 10.7 Å². The van der Waals surface area contributed by atoms with Crippen LogP contribution in [0.15, 0.2) is 23.8 Å².